The van der Waals surface area contributed by atoms with Gasteiger partial charge in [-0.1, -0.05) is 60.7 Å². The summed E-state index contributed by atoms with van der Waals surface area (Å²) in [5, 5.41) is 11.6. The molecule has 2 aliphatic rings. The monoisotopic (exact) mass is 469 g/mol. The number of fused-ring (bicyclic) bond motifs is 2. The fourth-order valence-corrected chi connectivity index (χ4v) is 5.87. The SMILES string of the molecule is Nc1ncnc2c1ncn2C[C@]1(O)CC[C@H]2CN(C(c3ccccc3)c3ccccc3)CCN2C1. The van der Waals surface area contributed by atoms with Crippen molar-refractivity contribution < 1.29 is 5.11 Å². The number of benzene rings is 2. The number of piperazine rings is 1. The lowest BCUT2D eigenvalue weighted by Gasteiger charge is -2.50. The minimum atomic E-state index is -0.829. The summed E-state index contributed by atoms with van der Waals surface area (Å²) >= 11 is 0. The molecule has 0 spiro atoms. The zero-order chi connectivity index (χ0) is 23.8. The zero-order valence-corrected chi connectivity index (χ0v) is 19.7. The van der Waals surface area contributed by atoms with Crippen LogP contribution in [0.2, 0.25) is 0 Å². The van der Waals surface area contributed by atoms with E-state index in [9.17, 15) is 5.11 Å². The molecule has 6 rings (SSSR count). The highest BCUT2D eigenvalue weighted by Crippen LogP contribution is 2.35. The van der Waals surface area contributed by atoms with E-state index >= 15 is 0 Å². The first kappa shape index (κ1) is 22.2. The van der Waals surface area contributed by atoms with Crippen molar-refractivity contribution in [2.24, 2.45) is 0 Å². The van der Waals surface area contributed by atoms with Crippen molar-refractivity contribution in [1.29, 1.82) is 0 Å². The Morgan fingerprint density at radius 3 is 2.40 bits per heavy atom. The number of nitrogens with zero attached hydrogens (tertiary/aromatic N) is 6. The molecule has 0 bridgehead atoms. The molecule has 0 radical (unpaired) electrons. The second-order valence-corrected chi connectivity index (χ2v) is 9.91. The number of aliphatic hydroxyl groups is 1. The first-order valence-electron chi connectivity index (χ1n) is 12.3. The number of nitrogens with two attached hydrogens (primary N) is 1. The van der Waals surface area contributed by atoms with Gasteiger partial charge in [0, 0.05) is 32.2 Å². The van der Waals surface area contributed by atoms with Gasteiger partial charge in [-0.3, -0.25) is 9.80 Å². The molecule has 0 aliphatic carbocycles. The average molecular weight is 470 g/mol. The lowest BCUT2D eigenvalue weighted by molar-refractivity contribution is -0.0843. The van der Waals surface area contributed by atoms with E-state index in [2.05, 4.69) is 85.4 Å². The molecule has 3 N–H and O–H groups in total. The molecule has 0 unspecified atom stereocenters. The van der Waals surface area contributed by atoms with Crippen LogP contribution < -0.4 is 5.73 Å². The number of rotatable bonds is 5. The summed E-state index contributed by atoms with van der Waals surface area (Å²) in [6, 6.07) is 22.3. The number of nitrogen functional groups attached to an aromatic ring is 1. The standard InChI is InChI=1S/C27H31N7O/c28-25-23-26(30-18-29-25)34(19-31-23)17-27(35)12-11-22-15-32(13-14-33(22)16-27)24(20-7-3-1-4-8-20)21-9-5-2-6-10-21/h1-10,18-19,22,24,35H,11-17H2,(H2,28,29,30)/t22-,27-/m0/s1. The van der Waals surface area contributed by atoms with Crippen LogP contribution in [0.1, 0.15) is 30.0 Å². The lowest BCUT2D eigenvalue weighted by atomic mass is 9.86. The Morgan fingerprint density at radius 2 is 1.69 bits per heavy atom. The fourth-order valence-electron chi connectivity index (χ4n) is 5.87. The predicted octanol–water partition coefficient (Wildman–Crippen LogP) is 2.71. The Hall–Kier alpha value is -3.33. The Balaban J connectivity index is 1.19. The van der Waals surface area contributed by atoms with E-state index < -0.39 is 5.60 Å². The maximum absolute atomic E-state index is 11.6. The third kappa shape index (κ3) is 4.29. The third-order valence-corrected chi connectivity index (χ3v) is 7.57. The van der Waals surface area contributed by atoms with Gasteiger partial charge in [-0.25, -0.2) is 15.0 Å². The Labute approximate surface area is 205 Å². The highest BCUT2D eigenvalue weighted by molar-refractivity contribution is 5.81. The van der Waals surface area contributed by atoms with Gasteiger partial charge >= 0.3 is 0 Å². The van der Waals surface area contributed by atoms with E-state index in [1.807, 2.05) is 4.57 Å². The average Bonchev–Trinajstić information content (AvgIpc) is 3.29. The smallest absolute Gasteiger partial charge is 0.165 e. The second kappa shape index (κ2) is 9.03. The molecule has 4 aromatic rings. The van der Waals surface area contributed by atoms with Crippen molar-refractivity contribution in [3.8, 4) is 0 Å². The Morgan fingerprint density at radius 1 is 0.971 bits per heavy atom. The molecule has 8 nitrogen and oxygen atoms in total. The van der Waals surface area contributed by atoms with Gasteiger partial charge in [-0.05, 0) is 24.0 Å². The zero-order valence-electron chi connectivity index (χ0n) is 19.7. The highest BCUT2D eigenvalue weighted by atomic mass is 16.3. The number of hydrogen-bond acceptors (Lipinski definition) is 7. The largest absolute Gasteiger partial charge is 0.387 e. The summed E-state index contributed by atoms with van der Waals surface area (Å²) < 4.78 is 1.91. The quantitative estimate of drug-likeness (QED) is 0.464. The van der Waals surface area contributed by atoms with Crippen LogP contribution in [0.15, 0.2) is 73.3 Å². The number of aromatic nitrogens is 4. The van der Waals surface area contributed by atoms with Crippen LogP contribution in [-0.2, 0) is 6.54 Å². The molecular formula is C27H31N7O. The first-order valence-corrected chi connectivity index (χ1v) is 12.3. The van der Waals surface area contributed by atoms with Crippen molar-refractivity contribution in [3.63, 3.8) is 0 Å². The minimum absolute atomic E-state index is 0.239. The molecule has 35 heavy (non-hydrogen) atoms. The van der Waals surface area contributed by atoms with Gasteiger partial charge in [0.2, 0.25) is 0 Å². The van der Waals surface area contributed by atoms with E-state index in [0.717, 1.165) is 32.5 Å². The molecule has 0 amide bonds. The van der Waals surface area contributed by atoms with Gasteiger partial charge in [-0.15, -0.1) is 0 Å². The van der Waals surface area contributed by atoms with Crippen LogP contribution >= 0.6 is 0 Å². The van der Waals surface area contributed by atoms with E-state index in [4.69, 9.17) is 5.73 Å². The predicted molar refractivity (Wildman–Crippen MR) is 136 cm³/mol. The molecule has 2 aromatic heterocycles. The lowest BCUT2D eigenvalue weighted by Crippen LogP contribution is -2.62. The van der Waals surface area contributed by atoms with Crippen molar-refractivity contribution in [2.75, 3.05) is 31.9 Å². The van der Waals surface area contributed by atoms with Gasteiger partial charge in [0.15, 0.2) is 11.5 Å². The summed E-state index contributed by atoms with van der Waals surface area (Å²) in [7, 11) is 0. The number of imidazole rings is 1. The molecule has 2 atom stereocenters. The summed E-state index contributed by atoms with van der Waals surface area (Å²) in [5.74, 6) is 0.368. The van der Waals surface area contributed by atoms with Crippen molar-refractivity contribution in [2.45, 2.75) is 37.1 Å². The summed E-state index contributed by atoms with van der Waals surface area (Å²) in [6.45, 7) is 3.97. The molecule has 0 saturated carbocycles. The topological polar surface area (TPSA) is 96.3 Å². The van der Waals surface area contributed by atoms with Crippen LogP contribution in [0.3, 0.4) is 0 Å². The molecule has 2 aliphatic heterocycles. The Kier molecular flexibility index (Phi) is 5.72. The number of hydrogen-bond donors (Lipinski definition) is 2. The molecule has 2 fully saturated rings. The fraction of sp³-hybridized carbons (Fsp3) is 0.370. The maximum Gasteiger partial charge on any atom is 0.165 e. The van der Waals surface area contributed by atoms with E-state index in [1.54, 1.807) is 6.33 Å². The molecule has 2 aromatic carbocycles. The first-order chi connectivity index (χ1) is 17.1. The van der Waals surface area contributed by atoms with Crippen LogP contribution in [0.25, 0.3) is 11.2 Å². The second-order valence-electron chi connectivity index (χ2n) is 9.91. The summed E-state index contributed by atoms with van der Waals surface area (Å²) in [4.78, 5) is 17.8. The van der Waals surface area contributed by atoms with Gasteiger partial charge in [0.05, 0.1) is 24.5 Å². The van der Waals surface area contributed by atoms with Crippen molar-refractivity contribution in [3.05, 3.63) is 84.4 Å². The van der Waals surface area contributed by atoms with E-state index in [1.165, 1.54) is 17.5 Å². The molecule has 8 heteroatoms. The Bertz CT molecular complexity index is 1260. The molecule has 180 valence electrons. The van der Waals surface area contributed by atoms with E-state index in [-0.39, 0.29) is 6.04 Å². The maximum atomic E-state index is 11.6. The number of anilines is 1. The summed E-state index contributed by atoms with van der Waals surface area (Å²) in [6.07, 6.45) is 4.85. The molecule has 2 saturated heterocycles. The third-order valence-electron chi connectivity index (χ3n) is 7.57. The highest BCUT2D eigenvalue weighted by Gasteiger charge is 2.42. The van der Waals surface area contributed by atoms with Crippen LogP contribution in [-0.4, -0.2) is 72.2 Å². The number of piperidine rings is 1. The van der Waals surface area contributed by atoms with E-state index in [0.29, 0.717) is 36.1 Å². The van der Waals surface area contributed by atoms with Crippen LogP contribution in [0.4, 0.5) is 5.82 Å². The van der Waals surface area contributed by atoms with Crippen molar-refractivity contribution >= 4 is 17.0 Å². The van der Waals surface area contributed by atoms with Gasteiger partial charge in [-0.2, -0.15) is 0 Å². The van der Waals surface area contributed by atoms with Crippen LogP contribution in [0.5, 0.6) is 0 Å². The normalized spacial score (nSPS) is 23.5. The van der Waals surface area contributed by atoms with Gasteiger partial charge in [0.1, 0.15) is 11.8 Å². The van der Waals surface area contributed by atoms with Crippen LogP contribution in [0, 0.1) is 0 Å². The van der Waals surface area contributed by atoms with Gasteiger partial charge in [0.25, 0.3) is 0 Å². The van der Waals surface area contributed by atoms with Crippen molar-refractivity contribution in [1.82, 2.24) is 29.3 Å². The molecular weight excluding hydrogens is 438 g/mol. The summed E-state index contributed by atoms with van der Waals surface area (Å²) in [5.41, 5.74) is 9.03. The molecule has 4 heterocycles. The van der Waals surface area contributed by atoms with Gasteiger partial charge < -0.3 is 15.4 Å². The minimum Gasteiger partial charge on any atom is -0.387 e.